The van der Waals surface area contributed by atoms with Gasteiger partial charge < -0.3 is 10.0 Å². The summed E-state index contributed by atoms with van der Waals surface area (Å²) in [5.74, 6) is 0. The zero-order valence-electron chi connectivity index (χ0n) is 11.5. The third kappa shape index (κ3) is 2.89. The maximum absolute atomic E-state index is 11.2. The van der Waals surface area contributed by atoms with Gasteiger partial charge in [-0.3, -0.25) is 4.90 Å². The van der Waals surface area contributed by atoms with Gasteiger partial charge in [-0.25, -0.2) is 4.79 Å². The van der Waals surface area contributed by atoms with Crippen LogP contribution < -0.4 is 4.90 Å². The number of para-hydroxylation sites is 1. The molecule has 0 saturated heterocycles. The quantitative estimate of drug-likeness (QED) is 0.913. The lowest BCUT2D eigenvalue weighted by Crippen LogP contribution is -2.22. The number of carbonyl (C=O) groups is 1. The number of rotatable bonds is 2. The minimum atomic E-state index is -0.942. The Labute approximate surface area is 123 Å². The molecule has 0 fully saturated rings. The van der Waals surface area contributed by atoms with Crippen molar-refractivity contribution in [2.45, 2.75) is 13.1 Å². The molecule has 0 aliphatic carbocycles. The number of benzene rings is 2. The summed E-state index contributed by atoms with van der Waals surface area (Å²) in [6.07, 6.45) is 2.50. The van der Waals surface area contributed by atoms with Gasteiger partial charge in [-0.15, -0.1) is 0 Å². The van der Waals surface area contributed by atoms with E-state index in [1.165, 1.54) is 10.5 Å². The van der Waals surface area contributed by atoms with E-state index in [1.54, 1.807) is 6.20 Å². The predicted octanol–water partition coefficient (Wildman–Crippen LogP) is 3.66. The molecule has 1 N–H and O–H groups in total. The van der Waals surface area contributed by atoms with Gasteiger partial charge in [0.05, 0.1) is 6.54 Å². The van der Waals surface area contributed by atoms with Crippen molar-refractivity contribution >= 4 is 11.8 Å². The molecule has 2 aromatic carbocycles. The molecule has 0 atom stereocenters. The molecule has 0 bridgehead atoms. The molecule has 4 heteroatoms. The van der Waals surface area contributed by atoms with E-state index in [1.807, 2.05) is 48.7 Å². The monoisotopic (exact) mass is 280 g/mol. The summed E-state index contributed by atoms with van der Waals surface area (Å²) in [5.41, 5.74) is 3.22. The number of nitrogens with zero attached hydrogens (tertiary/aromatic N) is 2. The minimum Gasteiger partial charge on any atom is -0.465 e. The van der Waals surface area contributed by atoms with Crippen molar-refractivity contribution < 1.29 is 9.90 Å². The van der Waals surface area contributed by atoms with Crippen LogP contribution in [0.2, 0.25) is 0 Å². The fourth-order valence-electron chi connectivity index (χ4n) is 2.45. The van der Waals surface area contributed by atoms with E-state index in [9.17, 15) is 9.90 Å². The first-order valence-corrected chi connectivity index (χ1v) is 6.80. The van der Waals surface area contributed by atoms with Gasteiger partial charge in [-0.2, -0.15) is 0 Å². The van der Waals surface area contributed by atoms with Crippen LogP contribution in [0.5, 0.6) is 0 Å². The van der Waals surface area contributed by atoms with Crippen LogP contribution in [0.4, 0.5) is 10.5 Å². The molecule has 0 aromatic heterocycles. The number of anilines is 1. The van der Waals surface area contributed by atoms with Crippen LogP contribution in [-0.4, -0.2) is 16.1 Å². The molecule has 2 aromatic rings. The Morgan fingerprint density at radius 3 is 2.48 bits per heavy atom. The Morgan fingerprint density at radius 2 is 1.71 bits per heavy atom. The third-order valence-corrected chi connectivity index (χ3v) is 3.51. The van der Waals surface area contributed by atoms with Crippen molar-refractivity contribution in [3.05, 3.63) is 78.1 Å². The van der Waals surface area contributed by atoms with E-state index in [-0.39, 0.29) is 0 Å². The normalized spacial score (nSPS) is 13.7. The molecule has 106 valence electrons. The lowest BCUT2D eigenvalue weighted by molar-refractivity contribution is 0.161. The summed E-state index contributed by atoms with van der Waals surface area (Å²) in [7, 11) is 0. The van der Waals surface area contributed by atoms with Crippen LogP contribution in [0.15, 0.2) is 67.0 Å². The molecule has 1 aliphatic rings. The summed E-state index contributed by atoms with van der Waals surface area (Å²) in [6.45, 7) is 1.08. The highest BCUT2D eigenvalue weighted by Crippen LogP contribution is 2.27. The fraction of sp³-hybridized carbons (Fsp3) is 0.118. The lowest BCUT2D eigenvalue weighted by atomic mass is 10.1. The maximum Gasteiger partial charge on any atom is 0.411 e. The first kappa shape index (κ1) is 13.2. The van der Waals surface area contributed by atoms with Crippen molar-refractivity contribution in [3.8, 4) is 0 Å². The summed E-state index contributed by atoms with van der Waals surface area (Å²) in [6, 6.07) is 18.0. The standard InChI is InChI=1S/C17H16N2O2/c20-17(21)19-11-10-18(12-14-6-2-1-3-7-14)16-9-5-4-8-15(16)13-19/h1-11H,12-13H2,(H,20,21). The molecule has 4 nitrogen and oxygen atoms in total. The fourth-order valence-corrected chi connectivity index (χ4v) is 2.45. The largest absolute Gasteiger partial charge is 0.465 e. The highest BCUT2D eigenvalue weighted by atomic mass is 16.4. The molecule has 3 rings (SSSR count). The molecule has 1 aliphatic heterocycles. The Bertz CT molecular complexity index is 668. The smallest absolute Gasteiger partial charge is 0.411 e. The summed E-state index contributed by atoms with van der Waals surface area (Å²) in [4.78, 5) is 14.6. The number of hydrogen-bond donors (Lipinski definition) is 1. The van der Waals surface area contributed by atoms with Gasteiger partial charge in [-0.1, -0.05) is 48.5 Å². The van der Waals surface area contributed by atoms with E-state index in [0.717, 1.165) is 11.3 Å². The topological polar surface area (TPSA) is 43.8 Å². The van der Waals surface area contributed by atoms with Gasteiger partial charge in [0.2, 0.25) is 0 Å². The molecule has 21 heavy (non-hydrogen) atoms. The first-order valence-electron chi connectivity index (χ1n) is 6.80. The number of hydrogen-bond acceptors (Lipinski definition) is 2. The summed E-state index contributed by atoms with van der Waals surface area (Å²) < 4.78 is 0. The number of carboxylic acid groups (broad SMARTS) is 1. The Morgan fingerprint density at radius 1 is 1.00 bits per heavy atom. The Hall–Kier alpha value is -2.75. The van der Waals surface area contributed by atoms with Crippen molar-refractivity contribution in [2.24, 2.45) is 0 Å². The van der Waals surface area contributed by atoms with Gasteiger partial charge >= 0.3 is 6.09 Å². The van der Waals surface area contributed by atoms with E-state index >= 15 is 0 Å². The van der Waals surface area contributed by atoms with Gasteiger partial charge in [0, 0.05) is 24.6 Å². The molecule has 0 unspecified atom stereocenters. The van der Waals surface area contributed by atoms with Crippen molar-refractivity contribution in [2.75, 3.05) is 4.90 Å². The molecule has 0 radical (unpaired) electrons. The summed E-state index contributed by atoms with van der Waals surface area (Å²) >= 11 is 0. The van der Waals surface area contributed by atoms with Gasteiger partial charge in [0.1, 0.15) is 0 Å². The zero-order valence-corrected chi connectivity index (χ0v) is 11.5. The van der Waals surface area contributed by atoms with E-state index in [4.69, 9.17) is 0 Å². The molecule has 1 amide bonds. The summed E-state index contributed by atoms with van der Waals surface area (Å²) in [5, 5.41) is 9.22. The maximum atomic E-state index is 11.2. The van der Waals surface area contributed by atoms with Crippen LogP contribution in [0.1, 0.15) is 11.1 Å². The van der Waals surface area contributed by atoms with Crippen molar-refractivity contribution in [1.82, 2.24) is 4.90 Å². The highest BCUT2D eigenvalue weighted by molar-refractivity contribution is 5.68. The number of amides is 1. The van der Waals surface area contributed by atoms with E-state index in [0.29, 0.717) is 13.1 Å². The van der Waals surface area contributed by atoms with E-state index in [2.05, 4.69) is 17.0 Å². The average molecular weight is 280 g/mol. The Balaban J connectivity index is 1.95. The average Bonchev–Trinajstić information content (AvgIpc) is 2.69. The second kappa shape index (κ2) is 5.71. The van der Waals surface area contributed by atoms with Gasteiger partial charge in [-0.05, 0) is 17.2 Å². The van der Waals surface area contributed by atoms with Crippen LogP contribution in [0, 0.1) is 0 Å². The van der Waals surface area contributed by atoms with Gasteiger partial charge in [0.15, 0.2) is 0 Å². The minimum absolute atomic E-state index is 0.368. The van der Waals surface area contributed by atoms with Crippen molar-refractivity contribution in [3.63, 3.8) is 0 Å². The lowest BCUT2D eigenvalue weighted by Gasteiger charge is -2.21. The van der Waals surface area contributed by atoms with Crippen LogP contribution in [0.25, 0.3) is 0 Å². The molecule has 0 saturated carbocycles. The third-order valence-electron chi connectivity index (χ3n) is 3.51. The van der Waals surface area contributed by atoms with E-state index < -0.39 is 6.09 Å². The molecule has 0 spiro atoms. The highest BCUT2D eigenvalue weighted by Gasteiger charge is 2.18. The second-order valence-corrected chi connectivity index (χ2v) is 4.95. The second-order valence-electron chi connectivity index (χ2n) is 4.95. The first-order chi connectivity index (χ1) is 10.2. The van der Waals surface area contributed by atoms with Crippen LogP contribution in [-0.2, 0) is 13.1 Å². The van der Waals surface area contributed by atoms with Gasteiger partial charge in [0.25, 0.3) is 0 Å². The molecular formula is C17H16N2O2. The predicted molar refractivity (Wildman–Crippen MR) is 81.8 cm³/mol. The number of fused-ring (bicyclic) bond motifs is 1. The zero-order chi connectivity index (χ0) is 14.7. The van der Waals surface area contributed by atoms with Crippen molar-refractivity contribution in [1.29, 1.82) is 0 Å². The van der Waals surface area contributed by atoms with Crippen LogP contribution in [0.3, 0.4) is 0 Å². The molecule has 1 heterocycles. The SMILES string of the molecule is O=C(O)N1C=CN(Cc2ccccc2)c2ccccc2C1. The molecular weight excluding hydrogens is 264 g/mol. The Kier molecular flexibility index (Phi) is 3.60. The van der Waals surface area contributed by atoms with Crippen LogP contribution >= 0.6 is 0 Å².